The van der Waals surface area contributed by atoms with E-state index in [1.54, 1.807) is 0 Å². The van der Waals surface area contributed by atoms with Crippen LogP contribution in [0.5, 0.6) is 0 Å². The maximum absolute atomic E-state index is 11.0. The van der Waals surface area contributed by atoms with Crippen LogP contribution in [-0.4, -0.2) is 12.4 Å². The molecular formula is C6H4F8. The lowest BCUT2D eigenvalue weighted by Gasteiger charge is -1.97. The molecule has 0 fully saturated rings. The summed E-state index contributed by atoms with van der Waals surface area (Å²) in [7, 11) is 0. The summed E-state index contributed by atoms with van der Waals surface area (Å²) in [5, 5.41) is 0. The Balaban J connectivity index is 0. The largest absolute Gasteiger partial charge is 0.445 e. The molecule has 0 heterocycles. The van der Waals surface area contributed by atoms with E-state index < -0.39 is 24.5 Å². The summed E-state index contributed by atoms with van der Waals surface area (Å²) in [5.41, 5.74) is 0. The van der Waals surface area contributed by atoms with Gasteiger partial charge in [-0.05, 0) is 0 Å². The third kappa shape index (κ3) is 10.9. The molecule has 0 spiro atoms. The van der Waals surface area contributed by atoms with Crippen LogP contribution in [0.3, 0.4) is 0 Å². The highest BCUT2D eigenvalue weighted by molar-refractivity contribution is 4.92. The lowest BCUT2D eigenvalue weighted by molar-refractivity contribution is -0.109. The topological polar surface area (TPSA) is 0 Å². The molecule has 0 rings (SSSR count). The third-order valence-corrected chi connectivity index (χ3v) is 0.598. The van der Waals surface area contributed by atoms with Gasteiger partial charge in [0.25, 0.3) is 0 Å². The first-order valence-corrected chi connectivity index (χ1v) is 2.78. The molecule has 8 heteroatoms. The molecule has 0 aromatic carbocycles. The van der Waals surface area contributed by atoms with Gasteiger partial charge in [-0.2, -0.15) is 30.7 Å². The minimum atomic E-state index is -5.17. The average molecular weight is 228 g/mol. The second-order valence-electron chi connectivity index (χ2n) is 1.70. The van der Waals surface area contributed by atoms with Gasteiger partial charge in [0.05, 0.1) is 0 Å². The minimum Gasteiger partial charge on any atom is -0.212 e. The summed E-state index contributed by atoms with van der Waals surface area (Å²) in [6, 6.07) is 0. The Kier molecular flexibility index (Phi) is 6.17. The monoisotopic (exact) mass is 228 g/mol. The highest BCUT2D eigenvalue weighted by atomic mass is 19.4. The third-order valence-electron chi connectivity index (χ3n) is 0.598. The lowest BCUT2D eigenvalue weighted by Crippen LogP contribution is -2.06. The minimum absolute atomic E-state index is 0.0625. The van der Waals surface area contributed by atoms with E-state index in [-0.39, 0.29) is 6.08 Å². The van der Waals surface area contributed by atoms with Gasteiger partial charge in [-0.3, -0.25) is 0 Å². The normalized spacial score (nSPS) is 13.0. The van der Waals surface area contributed by atoms with Crippen molar-refractivity contribution < 1.29 is 35.1 Å². The van der Waals surface area contributed by atoms with E-state index in [2.05, 4.69) is 6.58 Å². The zero-order chi connectivity index (χ0) is 12.0. The van der Waals surface area contributed by atoms with Gasteiger partial charge in [-0.1, -0.05) is 6.58 Å². The SMILES string of the molecule is C=CC(F)(F)F.F/C=C(\F)C(F)(F)F. The molecular weight excluding hydrogens is 224 g/mol. The Morgan fingerprint density at radius 3 is 1.29 bits per heavy atom. The molecule has 0 aliphatic heterocycles. The molecule has 0 saturated heterocycles. The van der Waals surface area contributed by atoms with Gasteiger partial charge in [-0.15, -0.1) is 0 Å². The molecule has 0 saturated carbocycles. The molecule has 0 radical (unpaired) electrons. The van der Waals surface area contributed by atoms with Crippen LogP contribution in [0.4, 0.5) is 35.1 Å². The maximum Gasteiger partial charge on any atom is 0.445 e. The molecule has 0 amide bonds. The molecule has 0 aliphatic carbocycles. The van der Waals surface area contributed by atoms with Crippen molar-refractivity contribution in [3.8, 4) is 0 Å². The zero-order valence-electron chi connectivity index (χ0n) is 6.39. The number of halogens is 8. The molecule has 0 aromatic rings. The van der Waals surface area contributed by atoms with Crippen molar-refractivity contribution in [3.63, 3.8) is 0 Å². The Bertz CT molecular complexity index is 195. The highest BCUT2D eigenvalue weighted by Gasteiger charge is 2.34. The molecule has 0 atom stereocenters. The van der Waals surface area contributed by atoms with Crippen LogP contribution in [0.15, 0.2) is 24.8 Å². The second-order valence-corrected chi connectivity index (χ2v) is 1.70. The van der Waals surface area contributed by atoms with Crippen LogP contribution < -0.4 is 0 Å². The molecule has 0 aromatic heterocycles. The van der Waals surface area contributed by atoms with E-state index >= 15 is 0 Å². The van der Waals surface area contributed by atoms with E-state index in [0.717, 1.165) is 0 Å². The summed E-state index contributed by atoms with van der Waals surface area (Å²) >= 11 is 0. The molecule has 0 unspecified atom stereocenters. The van der Waals surface area contributed by atoms with E-state index in [9.17, 15) is 35.1 Å². The molecule has 14 heavy (non-hydrogen) atoms. The highest BCUT2D eigenvalue weighted by Crippen LogP contribution is 2.25. The van der Waals surface area contributed by atoms with Gasteiger partial charge < -0.3 is 0 Å². The van der Waals surface area contributed by atoms with Crippen LogP contribution in [0, 0.1) is 0 Å². The van der Waals surface area contributed by atoms with Crippen LogP contribution in [0.2, 0.25) is 0 Å². The van der Waals surface area contributed by atoms with E-state index in [1.807, 2.05) is 0 Å². The summed E-state index contributed by atoms with van der Waals surface area (Å²) in [5.74, 6) is -2.71. The van der Waals surface area contributed by atoms with Crippen molar-refractivity contribution in [2.24, 2.45) is 0 Å². The van der Waals surface area contributed by atoms with Crippen molar-refractivity contribution in [2.75, 3.05) is 0 Å². The zero-order valence-corrected chi connectivity index (χ0v) is 6.39. The first kappa shape index (κ1) is 15.4. The quantitative estimate of drug-likeness (QED) is 0.433. The lowest BCUT2D eigenvalue weighted by atomic mass is 10.6. The van der Waals surface area contributed by atoms with E-state index in [4.69, 9.17) is 0 Å². The van der Waals surface area contributed by atoms with Crippen molar-refractivity contribution in [3.05, 3.63) is 24.8 Å². The van der Waals surface area contributed by atoms with Gasteiger partial charge in [0.15, 0.2) is 0 Å². The molecule has 0 nitrogen and oxygen atoms in total. The molecule has 0 N–H and O–H groups in total. The van der Waals surface area contributed by atoms with Crippen LogP contribution in [0.25, 0.3) is 0 Å². The predicted molar refractivity (Wildman–Crippen MR) is 32.6 cm³/mol. The van der Waals surface area contributed by atoms with Crippen LogP contribution >= 0.6 is 0 Å². The number of rotatable bonds is 0. The Hall–Kier alpha value is -1.08. The van der Waals surface area contributed by atoms with Crippen LogP contribution in [-0.2, 0) is 0 Å². The molecule has 0 bridgehead atoms. The summed E-state index contributed by atoms with van der Waals surface area (Å²) in [4.78, 5) is 0. The van der Waals surface area contributed by atoms with Gasteiger partial charge in [0, 0.05) is 6.08 Å². The fourth-order valence-electron chi connectivity index (χ4n) is 0.0619. The summed E-state index contributed by atoms with van der Waals surface area (Å²) in [6.45, 7) is 2.51. The van der Waals surface area contributed by atoms with Gasteiger partial charge in [0.1, 0.15) is 6.33 Å². The summed E-state index contributed by atoms with van der Waals surface area (Å²) in [6.07, 6.45) is -10.6. The molecule has 0 aliphatic rings. The Morgan fingerprint density at radius 1 is 1.00 bits per heavy atom. The fourth-order valence-corrected chi connectivity index (χ4v) is 0.0619. The number of hydrogen-bond donors (Lipinski definition) is 0. The van der Waals surface area contributed by atoms with Crippen LogP contribution in [0.1, 0.15) is 0 Å². The van der Waals surface area contributed by atoms with E-state index in [1.165, 1.54) is 0 Å². The second kappa shape index (κ2) is 5.61. The van der Waals surface area contributed by atoms with Crippen molar-refractivity contribution in [1.29, 1.82) is 0 Å². The summed E-state index contributed by atoms with van der Waals surface area (Å²) < 4.78 is 85.9. The van der Waals surface area contributed by atoms with Gasteiger partial charge in [0.2, 0.25) is 5.83 Å². The maximum atomic E-state index is 11.0. The predicted octanol–water partition coefficient (Wildman–Crippen LogP) is 4.06. The van der Waals surface area contributed by atoms with Gasteiger partial charge in [-0.25, -0.2) is 4.39 Å². The first-order valence-electron chi connectivity index (χ1n) is 2.78. The number of allylic oxidation sites excluding steroid dienone is 2. The van der Waals surface area contributed by atoms with E-state index in [0.29, 0.717) is 0 Å². The molecule has 84 valence electrons. The standard InChI is InChI=1S/C3HF5.C3H3F3/c4-1-2(5)3(6,7)8;1-2-3(4,5)6/h1H;2H,1H2/b2-1-;. The van der Waals surface area contributed by atoms with Crippen molar-refractivity contribution in [1.82, 2.24) is 0 Å². The number of hydrogen-bond acceptors (Lipinski definition) is 0. The Morgan fingerprint density at radius 2 is 1.29 bits per heavy atom. The average Bonchev–Trinajstić information content (AvgIpc) is 2.01. The Labute approximate surface area is 73.5 Å². The smallest absolute Gasteiger partial charge is 0.212 e. The number of alkyl halides is 6. The van der Waals surface area contributed by atoms with Crippen molar-refractivity contribution in [2.45, 2.75) is 12.4 Å². The first-order chi connectivity index (χ1) is 6.04. The van der Waals surface area contributed by atoms with Crippen molar-refractivity contribution >= 4 is 0 Å². The van der Waals surface area contributed by atoms with Gasteiger partial charge >= 0.3 is 12.4 Å². The fraction of sp³-hybridized carbons (Fsp3) is 0.333.